The van der Waals surface area contributed by atoms with Crippen molar-refractivity contribution in [3.05, 3.63) is 75.5 Å². The van der Waals surface area contributed by atoms with Gasteiger partial charge in [0.25, 0.3) is 0 Å². The number of cyclic esters (lactones) is 1. The van der Waals surface area contributed by atoms with Crippen molar-refractivity contribution in [3.63, 3.8) is 0 Å². The second-order valence-corrected chi connectivity index (χ2v) is 6.46. The SMILES string of the molecule is CN(C)c1ccc(C=C2C=C(c3ccc(F)cc3)OC2=O)cc1Br. The molecule has 24 heavy (non-hydrogen) atoms. The van der Waals surface area contributed by atoms with Crippen LogP contribution in [0.25, 0.3) is 11.8 Å². The molecule has 3 rings (SSSR count). The van der Waals surface area contributed by atoms with Gasteiger partial charge in [-0.05, 0) is 70.0 Å². The molecule has 0 amide bonds. The third-order valence-electron chi connectivity index (χ3n) is 3.63. The highest BCUT2D eigenvalue weighted by atomic mass is 79.9. The van der Waals surface area contributed by atoms with Gasteiger partial charge < -0.3 is 9.64 Å². The van der Waals surface area contributed by atoms with Gasteiger partial charge in [-0.25, -0.2) is 9.18 Å². The molecule has 122 valence electrons. The predicted octanol–water partition coefficient (Wildman–Crippen LogP) is 4.64. The third kappa shape index (κ3) is 3.41. The Hall–Kier alpha value is -2.40. The fourth-order valence-corrected chi connectivity index (χ4v) is 3.15. The van der Waals surface area contributed by atoms with E-state index in [1.165, 1.54) is 12.1 Å². The first-order valence-electron chi connectivity index (χ1n) is 7.32. The number of carbonyl (C=O) groups excluding carboxylic acids is 1. The molecule has 0 bridgehead atoms. The molecular formula is C19H15BrFNO2. The van der Waals surface area contributed by atoms with Crippen molar-refractivity contribution < 1.29 is 13.9 Å². The van der Waals surface area contributed by atoms with Crippen LogP contribution in [0.3, 0.4) is 0 Å². The van der Waals surface area contributed by atoms with E-state index in [0.717, 1.165) is 15.7 Å². The number of ether oxygens (including phenoxy) is 1. The number of anilines is 1. The average Bonchev–Trinajstić information content (AvgIpc) is 2.88. The molecular weight excluding hydrogens is 373 g/mol. The number of hydrogen-bond donors (Lipinski definition) is 0. The maximum absolute atomic E-state index is 13.0. The van der Waals surface area contributed by atoms with Crippen LogP contribution in [-0.4, -0.2) is 20.1 Å². The second kappa shape index (κ2) is 6.61. The van der Waals surface area contributed by atoms with Crippen molar-refractivity contribution in [1.29, 1.82) is 0 Å². The second-order valence-electron chi connectivity index (χ2n) is 5.61. The van der Waals surface area contributed by atoms with Crippen molar-refractivity contribution >= 4 is 39.4 Å². The summed E-state index contributed by atoms with van der Waals surface area (Å²) >= 11 is 3.53. The molecule has 1 heterocycles. The molecule has 0 radical (unpaired) electrons. The van der Waals surface area contributed by atoms with Crippen LogP contribution in [0.5, 0.6) is 0 Å². The molecule has 0 N–H and O–H groups in total. The number of nitrogens with zero attached hydrogens (tertiary/aromatic N) is 1. The number of esters is 1. The Bertz CT molecular complexity index is 854. The smallest absolute Gasteiger partial charge is 0.343 e. The summed E-state index contributed by atoms with van der Waals surface area (Å²) in [5.41, 5.74) is 3.06. The summed E-state index contributed by atoms with van der Waals surface area (Å²) in [5.74, 6) is -0.317. The van der Waals surface area contributed by atoms with Crippen LogP contribution in [0.1, 0.15) is 11.1 Å². The molecule has 0 fully saturated rings. The zero-order valence-electron chi connectivity index (χ0n) is 13.2. The molecule has 0 saturated heterocycles. The van der Waals surface area contributed by atoms with E-state index in [1.807, 2.05) is 37.2 Å². The first-order valence-corrected chi connectivity index (χ1v) is 8.12. The average molecular weight is 388 g/mol. The Labute approximate surface area is 148 Å². The fourth-order valence-electron chi connectivity index (χ4n) is 2.40. The molecule has 1 aliphatic rings. The van der Waals surface area contributed by atoms with E-state index in [9.17, 15) is 9.18 Å². The molecule has 2 aromatic carbocycles. The lowest BCUT2D eigenvalue weighted by molar-refractivity contribution is -0.130. The van der Waals surface area contributed by atoms with Crippen molar-refractivity contribution in [2.75, 3.05) is 19.0 Å². The summed E-state index contributed by atoms with van der Waals surface area (Å²) in [7, 11) is 3.93. The van der Waals surface area contributed by atoms with E-state index in [4.69, 9.17) is 4.74 Å². The molecule has 5 heteroatoms. The Morgan fingerprint density at radius 1 is 1.12 bits per heavy atom. The van der Waals surface area contributed by atoms with E-state index in [2.05, 4.69) is 15.9 Å². The molecule has 3 nitrogen and oxygen atoms in total. The first kappa shape index (κ1) is 16.5. The monoisotopic (exact) mass is 387 g/mol. The van der Waals surface area contributed by atoms with Crippen molar-refractivity contribution in [1.82, 2.24) is 0 Å². The third-order valence-corrected chi connectivity index (χ3v) is 4.26. The summed E-state index contributed by atoms with van der Waals surface area (Å²) in [4.78, 5) is 14.1. The van der Waals surface area contributed by atoms with Crippen molar-refractivity contribution in [3.8, 4) is 0 Å². The number of benzene rings is 2. The van der Waals surface area contributed by atoms with E-state index >= 15 is 0 Å². The van der Waals surface area contributed by atoms with Gasteiger partial charge >= 0.3 is 5.97 Å². The topological polar surface area (TPSA) is 29.5 Å². The lowest BCUT2D eigenvalue weighted by Crippen LogP contribution is -2.09. The molecule has 0 atom stereocenters. The van der Waals surface area contributed by atoms with Gasteiger partial charge in [0.15, 0.2) is 0 Å². The summed E-state index contributed by atoms with van der Waals surface area (Å²) in [5, 5.41) is 0. The van der Waals surface area contributed by atoms with Crippen LogP contribution in [-0.2, 0) is 9.53 Å². The molecule has 0 unspecified atom stereocenters. The molecule has 0 saturated carbocycles. The lowest BCUT2D eigenvalue weighted by atomic mass is 10.1. The number of hydrogen-bond acceptors (Lipinski definition) is 3. The number of halogens is 2. The minimum absolute atomic E-state index is 0.328. The molecule has 1 aliphatic heterocycles. The minimum Gasteiger partial charge on any atom is -0.422 e. The highest BCUT2D eigenvalue weighted by Gasteiger charge is 2.22. The lowest BCUT2D eigenvalue weighted by Gasteiger charge is -2.14. The van der Waals surface area contributed by atoms with E-state index in [1.54, 1.807) is 24.3 Å². The Kier molecular flexibility index (Phi) is 4.53. The van der Waals surface area contributed by atoms with Crippen LogP contribution >= 0.6 is 15.9 Å². The zero-order valence-corrected chi connectivity index (χ0v) is 14.8. The summed E-state index contributed by atoms with van der Waals surface area (Å²) in [6.45, 7) is 0. The Morgan fingerprint density at radius 2 is 1.83 bits per heavy atom. The van der Waals surface area contributed by atoms with Gasteiger partial charge in [0.05, 0.1) is 11.3 Å². The van der Waals surface area contributed by atoms with Gasteiger partial charge in [0, 0.05) is 24.1 Å². The maximum Gasteiger partial charge on any atom is 0.343 e. The molecule has 0 spiro atoms. The van der Waals surface area contributed by atoms with Gasteiger partial charge in [-0.2, -0.15) is 0 Å². The standard InChI is InChI=1S/C19H15BrFNO2/c1-22(2)17-8-3-12(10-16(17)20)9-14-11-18(24-19(14)23)13-4-6-15(21)7-5-13/h3-11H,1-2H3. The van der Waals surface area contributed by atoms with Gasteiger partial charge in [0.2, 0.25) is 0 Å². The van der Waals surface area contributed by atoms with Gasteiger partial charge in [0.1, 0.15) is 11.6 Å². The Balaban J connectivity index is 1.91. The fraction of sp³-hybridized carbons (Fsp3) is 0.105. The highest BCUT2D eigenvalue weighted by molar-refractivity contribution is 9.10. The molecule has 0 aliphatic carbocycles. The summed E-state index contributed by atoms with van der Waals surface area (Å²) in [6.07, 6.45) is 3.44. The van der Waals surface area contributed by atoms with Gasteiger partial charge in [-0.15, -0.1) is 0 Å². The first-order chi connectivity index (χ1) is 11.4. The highest BCUT2D eigenvalue weighted by Crippen LogP contribution is 2.30. The van der Waals surface area contributed by atoms with E-state index in [-0.39, 0.29) is 5.82 Å². The quantitative estimate of drug-likeness (QED) is 0.567. The summed E-state index contributed by atoms with van der Waals surface area (Å²) < 4.78 is 19.2. The van der Waals surface area contributed by atoms with Crippen molar-refractivity contribution in [2.45, 2.75) is 0 Å². The number of carbonyl (C=O) groups is 1. The van der Waals surface area contributed by atoms with Gasteiger partial charge in [-0.1, -0.05) is 6.07 Å². The van der Waals surface area contributed by atoms with E-state index in [0.29, 0.717) is 16.9 Å². The van der Waals surface area contributed by atoms with Crippen LogP contribution < -0.4 is 4.90 Å². The van der Waals surface area contributed by atoms with Gasteiger partial charge in [-0.3, -0.25) is 0 Å². The van der Waals surface area contributed by atoms with Crippen LogP contribution in [0.4, 0.5) is 10.1 Å². The number of rotatable bonds is 3. The Morgan fingerprint density at radius 3 is 2.46 bits per heavy atom. The largest absolute Gasteiger partial charge is 0.422 e. The van der Waals surface area contributed by atoms with Crippen LogP contribution in [0, 0.1) is 5.82 Å². The minimum atomic E-state index is -0.415. The maximum atomic E-state index is 13.0. The molecule has 2 aromatic rings. The normalized spacial score (nSPS) is 15.4. The zero-order chi connectivity index (χ0) is 17.3. The van der Waals surface area contributed by atoms with E-state index < -0.39 is 5.97 Å². The summed E-state index contributed by atoms with van der Waals surface area (Å²) in [6, 6.07) is 11.7. The van der Waals surface area contributed by atoms with Crippen LogP contribution in [0.2, 0.25) is 0 Å². The predicted molar refractivity (Wildman–Crippen MR) is 96.9 cm³/mol. The van der Waals surface area contributed by atoms with Crippen LogP contribution in [0.15, 0.2) is 58.6 Å². The van der Waals surface area contributed by atoms with Crippen molar-refractivity contribution in [2.24, 2.45) is 0 Å². The molecule has 0 aromatic heterocycles.